The molecule has 0 aromatic carbocycles. The lowest BCUT2D eigenvalue weighted by Crippen LogP contribution is -2.38. The predicted octanol–water partition coefficient (Wildman–Crippen LogP) is 2.08. The molecule has 0 spiro atoms. The molecule has 0 fully saturated rings. The molecule has 0 saturated carbocycles. The lowest BCUT2D eigenvalue weighted by molar-refractivity contribution is 0.147. The van der Waals surface area contributed by atoms with E-state index >= 15 is 0 Å². The summed E-state index contributed by atoms with van der Waals surface area (Å²) in [6.07, 6.45) is 2.64. The number of ether oxygens (including phenoxy) is 1. The second-order valence-corrected chi connectivity index (χ2v) is 4.09. The molecule has 1 rings (SSSR count). The monoisotopic (exact) mass is 211 g/mol. The Morgan fingerprint density at radius 2 is 2.27 bits per heavy atom. The second kappa shape index (κ2) is 6.64. The van der Waals surface area contributed by atoms with Crippen LogP contribution in [-0.2, 0) is 11.2 Å². The Kier molecular flexibility index (Phi) is 5.43. The third-order valence-electron chi connectivity index (χ3n) is 2.51. The van der Waals surface area contributed by atoms with Gasteiger partial charge >= 0.3 is 0 Å². The van der Waals surface area contributed by atoms with Crippen molar-refractivity contribution in [3.05, 3.63) is 24.2 Å². The maximum Gasteiger partial charge on any atom is 0.105 e. The molecule has 1 unspecified atom stereocenters. The van der Waals surface area contributed by atoms with Gasteiger partial charge in [-0.2, -0.15) is 0 Å². The molecule has 0 radical (unpaired) electrons. The highest BCUT2D eigenvalue weighted by Gasteiger charge is 2.11. The molecule has 3 nitrogen and oxygen atoms in total. The third-order valence-corrected chi connectivity index (χ3v) is 2.51. The van der Waals surface area contributed by atoms with E-state index < -0.39 is 0 Å². The van der Waals surface area contributed by atoms with E-state index in [9.17, 15) is 0 Å². The van der Waals surface area contributed by atoms with Gasteiger partial charge in [0, 0.05) is 26.1 Å². The number of methoxy groups -OCH3 is 1. The highest BCUT2D eigenvalue weighted by atomic mass is 16.5. The van der Waals surface area contributed by atoms with Gasteiger partial charge in [-0.1, -0.05) is 13.8 Å². The summed E-state index contributed by atoms with van der Waals surface area (Å²) in [7, 11) is 1.74. The summed E-state index contributed by atoms with van der Waals surface area (Å²) < 4.78 is 10.4. The Bertz CT molecular complexity index is 244. The van der Waals surface area contributed by atoms with Gasteiger partial charge in [-0.25, -0.2) is 0 Å². The molecule has 1 aromatic heterocycles. The molecule has 1 aromatic rings. The molecule has 0 saturated heterocycles. The van der Waals surface area contributed by atoms with Crippen molar-refractivity contribution >= 4 is 0 Å². The minimum atomic E-state index is 0.421. The average Bonchev–Trinajstić information content (AvgIpc) is 2.69. The standard InChI is InChI=1S/C12H21NO2/c1-10(2)12(9-14-3)13-7-6-11-5-4-8-15-11/h4-5,8,10,12-13H,6-7,9H2,1-3H3. The van der Waals surface area contributed by atoms with Crippen molar-refractivity contribution in [2.75, 3.05) is 20.3 Å². The zero-order chi connectivity index (χ0) is 11.1. The zero-order valence-corrected chi connectivity index (χ0v) is 9.82. The molecular weight excluding hydrogens is 190 g/mol. The quantitative estimate of drug-likeness (QED) is 0.750. The van der Waals surface area contributed by atoms with E-state index in [0.717, 1.165) is 25.3 Å². The fourth-order valence-corrected chi connectivity index (χ4v) is 1.50. The normalized spacial score (nSPS) is 13.3. The lowest BCUT2D eigenvalue weighted by atomic mass is 10.1. The van der Waals surface area contributed by atoms with Crippen LogP contribution in [-0.4, -0.2) is 26.3 Å². The van der Waals surface area contributed by atoms with Crippen molar-refractivity contribution < 1.29 is 9.15 Å². The van der Waals surface area contributed by atoms with Crippen LogP contribution < -0.4 is 5.32 Å². The highest BCUT2D eigenvalue weighted by molar-refractivity contribution is 4.98. The molecule has 1 N–H and O–H groups in total. The van der Waals surface area contributed by atoms with Gasteiger partial charge in [0.1, 0.15) is 5.76 Å². The molecule has 86 valence electrons. The summed E-state index contributed by atoms with van der Waals surface area (Å²) in [6.45, 7) is 6.09. The minimum Gasteiger partial charge on any atom is -0.469 e. The number of hydrogen-bond acceptors (Lipinski definition) is 3. The maximum absolute atomic E-state index is 5.26. The number of rotatable bonds is 7. The van der Waals surface area contributed by atoms with Crippen molar-refractivity contribution in [3.8, 4) is 0 Å². The highest BCUT2D eigenvalue weighted by Crippen LogP contribution is 2.03. The van der Waals surface area contributed by atoms with Crippen molar-refractivity contribution in [3.63, 3.8) is 0 Å². The Hall–Kier alpha value is -0.800. The molecule has 0 aliphatic carbocycles. The SMILES string of the molecule is COCC(NCCc1ccco1)C(C)C. The Morgan fingerprint density at radius 3 is 2.80 bits per heavy atom. The summed E-state index contributed by atoms with van der Waals surface area (Å²) >= 11 is 0. The van der Waals surface area contributed by atoms with Crippen LogP contribution in [0.25, 0.3) is 0 Å². The molecule has 0 amide bonds. The van der Waals surface area contributed by atoms with Crippen molar-refractivity contribution in [2.45, 2.75) is 26.3 Å². The maximum atomic E-state index is 5.26. The Balaban J connectivity index is 2.22. The second-order valence-electron chi connectivity index (χ2n) is 4.09. The van der Waals surface area contributed by atoms with E-state index in [1.807, 2.05) is 12.1 Å². The van der Waals surface area contributed by atoms with Crippen LogP contribution in [0.4, 0.5) is 0 Å². The van der Waals surface area contributed by atoms with Crippen LogP contribution in [0.3, 0.4) is 0 Å². The van der Waals surface area contributed by atoms with E-state index in [-0.39, 0.29) is 0 Å². The largest absolute Gasteiger partial charge is 0.469 e. The van der Waals surface area contributed by atoms with E-state index in [0.29, 0.717) is 12.0 Å². The summed E-state index contributed by atoms with van der Waals surface area (Å²) in [5.74, 6) is 1.61. The van der Waals surface area contributed by atoms with Crippen LogP contribution in [0.1, 0.15) is 19.6 Å². The molecule has 1 heterocycles. The summed E-state index contributed by atoms with van der Waals surface area (Å²) in [6, 6.07) is 4.34. The first-order chi connectivity index (χ1) is 7.24. The van der Waals surface area contributed by atoms with Gasteiger partial charge in [0.15, 0.2) is 0 Å². The van der Waals surface area contributed by atoms with Crippen molar-refractivity contribution in [1.29, 1.82) is 0 Å². The fraction of sp³-hybridized carbons (Fsp3) is 0.667. The van der Waals surface area contributed by atoms with Crippen LogP contribution in [0.2, 0.25) is 0 Å². The number of hydrogen-bond donors (Lipinski definition) is 1. The average molecular weight is 211 g/mol. The van der Waals surface area contributed by atoms with Gasteiger partial charge in [-0.05, 0) is 18.1 Å². The topological polar surface area (TPSA) is 34.4 Å². The van der Waals surface area contributed by atoms with Crippen LogP contribution in [0.15, 0.2) is 22.8 Å². The first kappa shape index (κ1) is 12.3. The Labute approximate surface area is 91.8 Å². The molecule has 15 heavy (non-hydrogen) atoms. The van der Waals surface area contributed by atoms with Gasteiger partial charge in [-0.3, -0.25) is 0 Å². The molecule has 0 aliphatic heterocycles. The molecule has 1 atom stereocenters. The van der Waals surface area contributed by atoms with Crippen molar-refractivity contribution in [1.82, 2.24) is 5.32 Å². The zero-order valence-electron chi connectivity index (χ0n) is 9.82. The summed E-state index contributed by atoms with van der Waals surface area (Å²) in [4.78, 5) is 0. The predicted molar refractivity (Wildman–Crippen MR) is 60.9 cm³/mol. The number of furan rings is 1. The van der Waals surface area contributed by atoms with E-state index in [1.165, 1.54) is 0 Å². The van der Waals surface area contributed by atoms with Crippen LogP contribution >= 0.6 is 0 Å². The van der Waals surface area contributed by atoms with Crippen LogP contribution in [0.5, 0.6) is 0 Å². The fourth-order valence-electron chi connectivity index (χ4n) is 1.50. The smallest absolute Gasteiger partial charge is 0.105 e. The van der Waals surface area contributed by atoms with Gasteiger partial charge in [-0.15, -0.1) is 0 Å². The first-order valence-electron chi connectivity index (χ1n) is 5.48. The van der Waals surface area contributed by atoms with Gasteiger partial charge in [0.05, 0.1) is 12.9 Å². The van der Waals surface area contributed by atoms with E-state index in [4.69, 9.17) is 9.15 Å². The third kappa shape index (κ3) is 4.49. The van der Waals surface area contributed by atoms with Gasteiger partial charge in [0.25, 0.3) is 0 Å². The summed E-state index contributed by atoms with van der Waals surface area (Å²) in [5, 5.41) is 3.47. The first-order valence-corrected chi connectivity index (χ1v) is 5.48. The number of nitrogens with one attached hydrogen (secondary N) is 1. The van der Waals surface area contributed by atoms with Gasteiger partial charge in [0.2, 0.25) is 0 Å². The molecule has 0 aliphatic rings. The van der Waals surface area contributed by atoms with E-state index in [2.05, 4.69) is 19.2 Å². The molecule has 3 heteroatoms. The van der Waals surface area contributed by atoms with Crippen molar-refractivity contribution in [2.24, 2.45) is 5.92 Å². The molecule has 0 bridgehead atoms. The Morgan fingerprint density at radius 1 is 1.47 bits per heavy atom. The van der Waals surface area contributed by atoms with Crippen LogP contribution in [0, 0.1) is 5.92 Å². The van der Waals surface area contributed by atoms with E-state index in [1.54, 1.807) is 13.4 Å². The summed E-state index contributed by atoms with van der Waals surface area (Å²) in [5.41, 5.74) is 0. The lowest BCUT2D eigenvalue weighted by Gasteiger charge is -2.21. The molecular formula is C12H21NO2. The minimum absolute atomic E-state index is 0.421. The van der Waals surface area contributed by atoms with Gasteiger partial charge < -0.3 is 14.5 Å².